The minimum atomic E-state index is -0.498. The first kappa shape index (κ1) is 16.5. The van der Waals surface area contributed by atoms with E-state index in [0.29, 0.717) is 5.56 Å². The highest BCUT2D eigenvalue weighted by atomic mass is 127. The van der Waals surface area contributed by atoms with Crippen LogP contribution in [0.4, 0.5) is 5.69 Å². The lowest BCUT2D eigenvalue weighted by Crippen LogP contribution is -2.22. The number of aryl methyl sites for hydroxylation is 2. The summed E-state index contributed by atoms with van der Waals surface area (Å²) >= 11 is 2.06. The molecule has 1 N–H and O–H groups in total. The summed E-state index contributed by atoms with van der Waals surface area (Å²) in [5.74, 6) is -0.849. The molecular weight excluding hydrogens is 393 g/mol. The molecule has 2 aromatic rings. The van der Waals surface area contributed by atoms with Crippen LogP contribution in [-0.4, -0.2) is 18.5 Å². The van der Waals surface area contributed by atoms with Gasteiger partial charge in [0.05, 0.1) is 5.56 Å². The number of carbonyl (C=O) groups is 2. The Morgan fingerprint density at radius 1 is 1.05 bits per heavy atom. The average Bonchev–Trinajstić information content (AvgIpc) is 2.49. The number of benzene rings is 2. The molecule has 22 heavy (non-hydrogen) atoms. The van der Waals surface area contributed by atoms with E-state index in [9.17, 15) is 9.59 Å². The first-order valence-corrected chi connectivity index (χ1v) is 7.84. The van der Waals surface area contributed by atoms with Gasteiger partial charge in [-0.3, -0.25) is 4.79 Å². The largest absolute Gasteiger partial charge is 0.452 e. The van der Waals surface area contributed by atoms with Crippen LogP contribution in [0.1, 0.15) is 21.5 Å². The topological polar surface area (TPSA) is 55.4 Å². The molecule has 0 heterocycles. The van der Waals surface area contributed by atoms with Crippen LogP contribution in [0.3, 0.4) is 0 Å². The van der Waals surface area contributed by atoms with Crippen LogP contribution in [-0.2, 0) is 9.53 Å². The summed E-state index contributed by atoms with van der Waals surface area (Å²) in [5.41, 5.74) is 3.16. The lowest BCUT2D eigenvalue weighted by atomic mass is 10.1. The molecule has 0 radical (unpaired) electrons. The Bertz CT molecular complexity index is 693. The summed E-state index contributed by atoms with van der Waals surface area (Å²) in [6.07, 6.45) is 0. The van der Waals surface area contributed by atoms with Crippen LogP contribution in [0.2, 0.25) is 0 Å². The minimum Gasteiger partial charge on any atom is -0.452 e. The summed E-state index contributed by atoms with van der Waals surface area (Å²) in [6.45, 7) is 3.53. The summed E-state index contributed by atoms with van der Waals surface area (Å²) in [6, 6.07) is 12.8. The number of hydrogen-bond donors (Lipinski definition) is 1. The predicted octanol–water partition coefficient (Wildman–Crippen LogP) is 3.70. The van der Waals surface area contributed by atoms with Crippen molar-refractivity contribution in [3.05, 3.63) is 62.7 Å². The van der Waals surface area contributed by atoms with Gasteiger partial charge in [-0.1, -0.05) is 30.3 Å². The van der Waals surface area contributed by atoms with Gasteiger partial charge in [-0.05, 0) is 59.7 Å². The van der Waals surface area contributed by atoms with Gasteiger partial charge in [-0.15, -0.1) is 0 Å². The molecule has 0 atom stereocenters. The zero-order valence-electron chi connectivity index (χ0n) is 12.4. The third-order valence-electron chi connectivity index (χ3n) is 3.17. The summed E-state index contributed by atoms with van der Waals surface area (Å²) < 4.78 is 5.86. The number of halogens is 1. The van der Waals surface area contributed by atoms with Crippen molar-refractivity contribution in [3.63, 3.8) is 0 Å². The predicted molar refractivity (Wildman–Crippen MR) is 94.0 cm³/mol. The van der Waals surface area contributed by atoms with E-state index >= 15 is 0 Å². The standard InChI is InChI=1S/C17H16INO3/c1-11-6-5-7-12(2)16(11)19-15(20)10-22-17(21)13-8-3-4-9-14(13)18/h3-9H,10H2,1-2H3,(H,19,20). The number of para-hydroxylation sites is 1. The molecule has 0 spiro atoms. The van der Waals surface area contributed by atoms with Gasteiger partial charge < -0.3 is 10.1 Å². The van der Waals surface area contributed by atoms with Crippen molar-refractivity contribution in [2.24, 2.45) is 0 Å². The molecule has 0 aliphatic carbocycles. The second-order valence-electron chi connectivity index (χ2n) is 4.87. The van der Waals surface area contributed by atoms with E-state index in [-0.39, 0.29) is 12.5 Å². The van der Waals surface area contributed by atoms with Gasteiger partial charge in [0.2, 0.25) is 0 Å². The van der Waals surface area contributed by atoms with Crippen LogP contribution in [0.25, 0.3) is 0 Å². The van der Waals surface area contributed by atoms with Gasteiger partial charge in [0.15, 0.2) is 6.61 Å². The molecule has 114 valence electrons. The zero-order valence-corrected chi connectivity index (χ0v) is 14.5. The highest BCUT2D eigenvalue weighted by Crippen LogP contribution is 2.19. The van der Waals surface area contributed by atoms with Crippen molar-refractivity contribution < 1.29 is 14.3 Å². The monoisotopic (exact) mass is 409 g/mol. The highest BCUT2D eigenvalue weighted by Gasteiger charge is 2.13. The van der Waals surface area contributed by atoms with Crippen molar-refractivity contribution in [2.45, 2.75) is 13.8 Å². The number of amides is 1. The van der Waals surface area contributed by atoms with E-state index < -0.39 is 5.97 Å². The van der Waals surface area contributed by atoms with Crippen molar-refractivity contribution in [1.82, 2.24) is 0 Å². The summed E-state index contributed by atoms with van der Waals surface area (Å²) in [7, 11) is 0. The third-order valence-corrected chi connectivity index (χ3v) is 4.11. The summed E-state index contributed by atoms with van der Waals surface area (Å²) in [5, 5.41) is 2.78. The lowest BCUT2D eigenvalue weighted by Gasteiger charge is -2.11. The molecule has 4 nitrogen and oxygen atoms in total. The van der Waals surface area contributed by atoms with Crippen LogP contribution in [0.5, 0.6) is 0 Å². The number of hydrogen-bond acceptors (Lipinski definition) is 3. The number of carbonyl (C=O) groups excluding carboxylic acids is 2. The highest BCUT2D eigenvalue weighted by molar-refractivity contribution is 14.1. The molecule has 0 aliphatic heterocycles. The molecule has 0 unspecified atom stereocenters. The lowest BCUT2D eigenvalue weighted by molar-refractivity contribution is -0.119. The Morgan fingerprint density at radius 3 is 2.32 bits per heavy atom. The molecule has 0 bridgehead atoms. The van der Waals surface area contributed by atoms with Crippen LogP contribution in [0, 0.1) is 17.4 Å². The average molecular weight is 409 g/mol. The Kier molecular flexibility index (Phi) is 5.54. The molecular formula is C17H16INO3. The molecule has 0 saturated carbocycles. The molecule has 2 rings (SSSR count). The van der Waals surface area contributed by atoms with Crippen LogP contribution < -0.4 is 5.32 Å². The molecule has 0 saturated heterocycles. The van der Waals surface area contributed by atoms with E-state index in [2.05, 4.69) is 27.9 Å². The minimum absolute atomic E-state index is 0.308. The van der Waals surface area contributed by atoms with Gasteiger partial charge in [0, 0.05) is 9.26 Å². The number of nitrogens with one attached hydrogen (secondary N) is 1. The second-order valence-corrected chi connectivity index (χ2v) is 6.03. The van der Waals surface area contributed by atoms with Gasteiger partial charge in [-0.25, -0.2) is 4.79 Å². The summed E-state index contributed by atoms with van der Waals surface area (Å²) in [4.78, 5) is 23.9. The molecule has 5 heteroatoms. The van der Waals surface area contributed by atoms with Crippen LogP contribution in [0.15, 0.2) is 42.5 Å². The fourth-order valence-corrected chi connectivity index (χ4v) is 2.63. The second kappa shape index (κ2) is 7.40. The van der Waals surface area contributed by atoms with Crippen molar-refractivity contribution in [3.8, 4) is 0 Å². The van der Waals surface area contributed by atoms with Crippen LogP contribution >= 0.6 is 22.6 Å². The first-order valence-electron chi connectivity index (χ1n) is 6.76. The van der Waals surface area contributed by atoms with E-state index in [1.54, 1.807) is 12.1 Å². The number of anilines is 1. The SMILES string of the molecule is Cc1cccc(C)c1NC(=O)COC(=O)c1ccccc1I. The maximum absolute atomic E-state index is 11.9. The Labute approximate surface area is 143 Å². The van der Waals surface area contributed by atoms with Gasteiger partial charge in [0.1, 0.15) is 0 Å². The molecule has 0 aromatic heterocycles. The first-order chi connectivity index (χ1) is 10.5. The zero-order chi connectivity index (χ0) is 16.1. The van der Waals surface area contributed by atoms with Crippen molar-refractivity contribution in [1.29, 1.82) is 0 Å². The number of esters is 1. The Hall–Kier alpha value is -1.89. The molecule has 0 fully saturated rings. The van der Waals surface area contributed by atoms with E-state index in [1.165, 1.54) is 0 Å². The van der Waals surface area contributed by atoms with Gasteiger partial charge in [-0.2, -0.15) is 0 Å². The maximum Gasteiger partial charge on any atom is 0.339 e. The number of ether oxygens (including phenoxy) is 1. The molecule has 1 amide bonds. The fourth-order valence-electron chi connectivity index (χ4n) is 2.02. The van der Waals surface area contributed by atoms with Gasteiger partial charge in [0.25, 0.3) is 5.91 Å². The van der Waals surface area contributed by atoms with E-state index in [0.717, 1.165) is 20.4 Å². The number of rotatable bonds is 4. The fraction of sp³-hybridized carbons (Fsp3) is 0.176. The van der Waals surface area contributed by atoms with Gasteiger partial charge >= 0.3 is 5.97 Å². The van der Waals surface area contributed by atoms with Crippen molar-refractivity contribution >= 4 is 40.2 Å². The molecule has 2 aromatic carbocycles. The van der Waals surface area contributed by atoms with Crippen molar-refractivity contribution in [2.75, 3.05) is 11.9 Å². The normalized spacial score (nSPS) is 10.1. The third kappa shape index (κ3) is 4.07. The quantitative estimate of drug-likeness (QED) is 0.619. The molecule has 0 aliphatic rings. The Morgan fingerprint density at radius 2 is 1.68 bits per heavy atom. The van der Waals surface area contributed by atoms with E-state index in [4.69, 9.17) is 4.74 Å². The Balaban J connectivity index is 1.96. The smallest absolute Gasteiger partial charge is 0.339 e. The van der Waals surface area contributed by atoms with E-state index in [1.807, 2.05) is 44.2 Å². The maximum atomic E-state index is 11.9.